The lowest BCUT2D eigenvalue weighted by molar-refractivity contribution is 0.601. The van der Waals surface area contributed by atoms with Crippen LogP contribution in [0.2, 0.25) is 5.02 Å². The Labute approximate surface area is 136 Å². The van der Waals surface area contributed by atoms with Crippen LogP contribution in [0.15, 0.2) is 40.0 Å². The van der Waals surface area contributed by atoms with Crippen LogP contribution >= 0.6 is 27.5 Å². The summed E-state index contributed by atoms with van der Waals surface area (Å²) in [6.07, 6.45) is 2.97. The van der Waals surface area contributed by atoms with Crippen LogP contribution in [-0.4, -0.2) is 24.9 Å². The molecule has 0 spiro atoms. The second-order valence-corrected chi connectivity index (χ2v) is 6.94. The van der Waals surface area contributed by atoms with E-state index in [0.29, 0.717) is 11.0 Å². The molecule has 0 radical (unpaired) electrons. The number of hydrogen-bond acceptors (Lipinski definition) is 5. The van der Waals surface area contributed by atoms with Gasteiger partial charge in [0, 0.05) is 23.4 Å². The van der Waals surface area contributed by atoms with E-state index in [1.165, 1.54) is 18.5 Å². The molecule has 2 N–H and O–H groups in total. The smallest absolute Gasteiger partial charge is 0.266 e. The van der Waals surface area contributed by atoms with Gasteiger partial charge in [-0.05, 0) is 41.1 Å². The third-order valence-electron chi connectivity index (χ3n) is 2.44. The SMILES string of the molecule is CCNc1ncc(Br)cc1S(=O)(=O)Nc1ncccc1Cl. The Balaban J connectivity index is 2.44. The summed E-state index contributed by atoms with van der Waals surface area (Å²) in [5.41, 5.74) is 0. The number of nitrogens with one attached hydrogen (secondary N) is 2. The zero-order chi connectivity index (χ0) is 15.5. The van der Waals surface area contributed by atoms with Crippen molar-refractivity contribution >= 4 is 49.2 Å². The van der Waals surface area contributed by atoms with Crippen molar-refractivity contribution in [3.8, 4) is 0 Å². The number of hydrogen-bond donors (Lipinski definition) is 2. The minimum Gasteiger partial charge on any atom is -0.369 e. The predicted molar refractivity (Wildman–Crippen MR) is 86.2 cm³/mol. The molecule has 0 bridgehead atoms. The highest BCUT2D eigenvalue weighted by atomic mass is 79.9. The van der Waals surface area contributed by atoms with Gasteiger partial charge in [0.05, 0.1) is 5.02 Å². The molecule has 112 valence electrons. The summed E-state index contributed by atoms with van der Waals surface area (Å²) in [5, 5.41) is 3.12. The fourth-order valence-corrected chi connectivity index (χ4v) is 3.47. The van der Waals surface area contributed by atoms with E-state index in [-0.39, 0.29) is 21.6 Å². The van der Waals surface area contributed by atoms with Crippen LogP contribution in [-0.2, 0) is 10.0 Å². The normalized spacial score (nSPS) is 11.2. The zero-order valence-electron chi connectivity index (χ0n) is 11.0. The molecule has 0 fully saturated rings. The van der Waals surface area contributed by atoms with Crippen LogP contribution in [0.3, 0.4) is 0 Å². The molecule has 6 nitrogen and oxygen atoms in total. The topological polar surface area (TPSA) is 84.0 Å². The maximum absolute atomic E-state index is 12.5. The van der Waals surface area contributed by atoms with E-state index >= 15 is 0 Å². The number of rotatable bonds is 5. The van der Waals surface area contributed by atoms with E-state index < -0.39 is 10.0 Å². The molecule has 0 unspecified atom stereocenters. The van der Waals surface area contributed by atoms with E-state index in [9.17, 15) is 8.42 Å². The Morgan fingerprint density at radius 1 is 1.33 bits per heavy atom. The van der Waals surface area contributed by atoms with Crippen molar-refractivity contribution < 1.29 is 8.42 Å². The molecule has 0 amide bonds. The lowest BCUT2D eigenvalue weighted by atomic mass is 10.4. The van der Waals surface area contributed by atoms with Crippen molar-refractivity contribution in [1.29, 1.82) is 0 Å². The Hall–Kier alpha value is -1.38. The van der Waals surface area contributed by atoms with E-state index in [1.54, 1.807) is 12.1 Å². The molecule has 21 heavy (non-hydrogen) atoms. The van der Waals surface area contributed by atoms with Gasteiger partial charge < -0.3 is 5.32 Å². The lowest BCUT2D eigenvalue weighted by Crippen LogP contribution is -2.17. The molecule has 0 saturated heterocycles. The first kappa shape index (κ1) is 16.0. The van der Waals surface area contributed by atoms with E-state index in [2.05, 4.69) is 35.9 Å². The van der Waals surface area contributed by atoms with E-state index in [0.717, 1.165) is 0 Å². The van der Waals surface area contributed by atoms with Gasteiger partial charge in [0.15, 0.2) is 5.82 Å². The summed E-state index contributed by atoms with van der Waals surface area (Å²) in [7, 11) is -3.86. The molecule has 2 aromatic heterocycles. The molecule has 2 rings (SSSR count). The molecule has 0 atom stereocenters. The minimum absolute atomic E-state index is 0.0143. The van der Waals surface area contributed by atoms with Gasteiger partial charge in [-0.2, -0.15) is 0 Å². The quantitative estimate of drug-likeness (QED) is 0.818. The first-order valence-corrected chi connectivity index (χ1v) is 8.62. The van der Waals surface area contributed by atoms with Gasteiger partial charge in [-0.3, -0.25) is 4.72 Å². The molecule has 9 heteroatoms. The van der Waals surface area contributed by atoms with Crippen molar-refractivity contribution in [2.24, 2.45) is 0 Å². The van der Waals surface area contributed by atoms with Crippen LogP contribution in [0, 0.1) is 0 Å². The van der Waals surface area contributed by atoms with Gasteiger partial charge >= 0.3 is 0 Å². The highest BCUT2D eigenvalue weighted by molar-refractivity contribution is 9.10. The van der Waals surface area contributed by atoms with Crippen LogP contribution in [0.1, 0.15) is 6.92 Å². The molecule has 2 heterocycles. The highest BCUT2D eigenvalue weighted by Crippen LogP contribution is 2.26. The molecule has 0 aromatic carbocycles. The monoisotopic (exact) mass is 390 g/mol. The standard InChI is InChI=1S/C12H12BrClN4O2S/c1-2-15-12-10(6-8(13)7-17-12)21(19,20)18-11-9(14)4-3-5-16-11/h3-7H,2H2,1H3,(H,15,17)(H,16,18). The largest absolute Gasteiger partial charge is 0.369 e. The maximum atomic E-state index is 12.5. The molecule has 0 aliphatic carbocycles. The molecular weight excluding hydrogens is 380 g/mol. The molecule has 2 aromatic rings. The maximum Gasteiger partial charge on any atom is 0.266 e. The van der Waals surface area contributed by atoms with Gasteiger partial charge in [-0.25, -0.2) is 18.4 Å². The predicted octanol–water partition coefficient (Wildman–Crippen LogP) is 3.13. The van der Waals surface area contributed by atoms with Crippen molar-refractivity contribution in [1.82, 2.24) is 9.97 Å². The lowest BCUT2D eigenvalue weighted by Gasteiger charge is -2.12. The van der Waals surface area contributed by atoms with E-state index in [4.69, 9.17) is 11.6 Å². The van der Waals surface area contributed by atoms with Gasteiger partial charge in [-0.1, -0.05) is 11.6 Å². The number of pyridine rings is 2. The van der Waals surface area contributed by atoms with Crippen molar-refractivity contribution in [2.45, 2.75) is 11.8 Å². The summed E-state index contributed by atoms with van der Waals surface area (Å²) in [4.78, 5) is 7.99. The average molecular weight is 392 g/mol. The number of anilines is 2. The number of halogens is 2. The minimum atomic E-state index is -3.86. The Kier molecular flexibility index (Phi) is 5.02. The summed E-state index contributed by atoms with van der Waals surface area (Å²) in [5.74, 6) is 0.335. The third kappa shape index (κ3) is 3.84. The van der Waals surface area contributed by atoms with E-state index in [1.807, 2.05) is 6.92 Å². The fraction of sp³-hybridized carbons (Fsp3) is 0.167. The molecule has 0 aliphatic rings. The summed E-state index contributed by atoms with van der Waals surface area (Å²) < 4.78 is 27.9. The zero-order valence-corrected chi connectivity index (χ0v) is 14.1. The highest BCUT2D eigenvalue weighted by Gasteiger charge is 2.21. The summed E-state index contributed by atoms with van der Waals surface area (Å²) >= 11 is 9.14. The Morgan fingerprint density at radius 3 is 2.76 bits per heavy atom. The van der Waals surface area contributed by atoms with Gasteiger partial charge in [0.1, 0.15) is 10.7 Å². The fourth-order valence-electron chi connectivity index (χ4n) is 1.57. The van der Waals surface area contributed by atoms with Crippen molar-refractivity contribution in [3.63, 3.8) is 0 Å². The summed E-state index contributed by atoms with van der Waals surface area (Å²) in [6, 6.07) is 4.63. The van der Waals surface area contributed by atoms with Gasteiger partial charge in [-0.15, -0.1) is 0 Å². The van der Waals surface area contributed by atoms with Crippen LogP contribution in [0.4, 0.5) is 11.6 Å². The average Bonchev–Trinajstić information content (AvgIpc) is 2.43. The molecule has 0 saturated carbocycles. The first-order valence-electron chi connectivity index (χ1n) is 5.97. The number of nitrogens with zero attached hydrogens (tertiary/aromatic N) is 2. The second-order valence-electron chi connectivity index (χ2n) is 3.97. The molecule has 0 aliphatic heterocycles. The van der Waals surface area contributed by atoms with Gasteiger partial charge in [0.25, 0.3) is 10.0 Å². The van der Waals surface area contributed by atoms with Crippen molar-refractivity contribution in [2.75, 3.05) is 16.6 Å². The number of aromatic nitrogens is 2. The van der Waals surface area contributed by atoms with Gasteiger partial charge in [0.2, 0.25) is 0 Å². The number of sulfonamides is 1. The first-order chi connectivity index (χ1) is 9.94. The Bertz CT molecular complexity index is 755. The Morgan fingerprint density at radius 2 is 2.10 bits per heavy atom. The molecular formula is C12H12BrClN4O2S. The van der Waals surface area contributed by atoms with Crippen molar-refractivity contribution in [3.05, 3.63) is 40.1 Å². The van der Waals surface area contributed by atoms with Crippen LogP contribution < -0.4 is 10.0 Å². The van der Waals surface area contributed by atoms with Crippen LogP contribution in [0.5, 0.6) is 0 Å². The van der Waals surface area contributed by atoms with Crippen LogP contribution in [0.25, 0.3) is 0 Å². The second kappa shape index (κ2) is 6.59. The third-order valence-corrected chi connectivity index (χ3v) is 4.53. The summed E-state index contributed by atoms with van der Waals surface area (Å²) in [6.45, 7) is 2.39.